The Labute approximate surface area is 201 Å². The Bertz CT molecular complexity index is 821. The van der Waals surface area contributed by atoms with E-state index in [0.717, 1.165) is 55.1 Å². The second kappa shape index (κ2) is 12.7. The molecule has 31 heavy (non-hydrogen) atoms. The smallest absolute Gasteiger partial charge is 0.194 e. The van der Waals surface area contributed by atoms with Crippen LogP contribution in [0.3, 0.4) is 0 Å². The molecule has 0 saturated carbocycles. The summed E-state index contributed by atoms with van der Waals surface area (Å²) in [6.07, 6.45) is 2.42. The summed E-state index contributed by atoms with van der Waals surface area (Å²) in [4.78, 5) is 6.82. The number of hydrogen-bond donors (Lipinski definition) is 1. The summed E-state index contributed by atoms with van der Waals surface area (Å²) in [5.74, 6) is 4.11. The molecular formula is C21H33IN6O3. The van der Waals surface area contributed by atoms with E-state index in [1.54, 1.807) is 7.11 Å². The summed E-state index contributed by atoms with van der Waals surface area (Å²) >= 11 is 0. The van der Waals surface area contributed by atoms with Gasteiger partial charge in [-0.05, 0) is 44.0 Å². The third-order valence-corrected chi connectivity index (χ3v) is 5.18. The molecular weight excluding hydrogens is 511 g/mol. The van der Waals surface area contributed by atoms with Crippen molar-refractivity contribution < 1.29 is 14.2 Å². The van der Waals surface area contributed by atoms with Gasteiger partial charge in [-0.15, -0.1) is 34.2 Å². The number of benzene rings is 1. The van der Waals surface area contributed by atoms with Gasteiger partial charge in [-0.2, -0.15) is 0 Å². The van der Waals surface area contributed by atoms with Gasteiger partial charge in [0.05, 0.1) is 19.8 Å². The van der Waals surface area contributed by atoms with E-state index in [0.29, 0.717) is 19.7 Å². The number of rotatable bonds is 9. The molecule has 1 aliphatic rings. The molecule has 0 spiro atoms. The van der Waals surface area contributed by atoms with Crippen LogP contribution in [0.25, 0.3) is 0 Å². The number of methoxy groups -OCH3 is 1. The summed E-state index contributed by atoms with van der Waals surface area (Å²) < 4.78 is 18.7. The predicted octanol–water partition coefficient (Wildman–Crippen LogP) is 2.39. The van der Waals surface area contributed by atoms with Crippen molar-refractivity contribution >= 4 is 29.9 Å². The van der Waals surface area contributed by atoms with E-state index in [4.69, 9.17) is 19.2 Å². The van der Waals surface area contributed by atoms with Crippen LogP contribution < -0.4 is 14.8 Å². The van der Waals surface area contributed by atoms with Crippen LogP contribution in [0.15, 0.2) is 29.3 Å². The van der Waals surface area contributed by atoms with Crippen molar-refractivity contribution in [2.45, 2.75) is 32.4 Å². The van der Waals surface area contributed by atoms with Gasteiger partial charge in [-0.1, -0.05) is 0 Å². The van der Waals surface area contributed by atoms with Crippen LogP contribution in [0.1, 0.15) is 24.5 Å². The Kier molecular flexibility index (Phi) is 10.3. The largest absolute Gasteiger partial charge is 0.497 e. The number of ether oxygens (including phenoxy) is 3. The molecule has 2 aromatic rings. The van der Waals surface area contributed by atoms with Crippen molar-refractivity contribution in [3.63, 3.8) is 0 Å². The molecule has 1 aromatic carbocycles. The maximum atomic E-state index is 5.86. The SMILES string of the molecule is COc1ccc(OCCN(C)C(=NCc2nnc(C)n2C)NCC2CCCO2)cc1.I. The Balaban J connectivity index is 0.00000341. The minimum atomic E-state index is 0. The number of aromatic nitrogens is 3. The molecule has 0 radical (unpaired) electrons. The molecule has 2 heterocycles. The fourth-order valence-corrected chi connectivity index (χ4v) is 3.13. The minimum absolute atomic E-state index is 0. The molecule has 1 aromatic heterocycles. The minimum Gasteiger partial charge on any atom is -0.497 e. The summed E-state index contributed by atoms with van der Waals surface area (Å²) in [6.45, 7) is 5.17. The molecule has 9 nitrogen and oxygen atoms in total. The van der Waals surface area contributed by atoms with Gasteiger partial charge in [0.2, 0.25) is 0 Å². The lowest BCUT2D eigenvalue weighted by Gasteiger charge is -2.24. The molecule has 0 aliphatic carbocycles. The standard InChI is InChI=1S/C21H32N6O3.HI/c1-16-24-25-20(27(16)3)15-23-21(22-14-19-6-5-12-29-19)26(2)11-13-30-18-9-7-17(28-4)8-10-18;/h7-10,19H,5-6,11-15H2,1-4H3,(H,22,23);1H. The highest BCUT2D eigenvalue weighted by atomic mass is 127. The summed E-state index contributed by atoms with van der Waals surface area (Å²) in [5, 5.41) is 11.7. The summed E-state index contributed by atoms with van der Waals surface area (Å²) in [5.41, 5.74) is 0. The second-order valence-electron chi connectivity index (χ2n) is 7.32. The Hall–Kier alpha value is -2.08. The molecule has 172 valence electrons. The molecule has 1 saturated heterocycles. The first-order valence-electron chi connectivity index (χ1n) is 10.3. The number of guanidine groups is 1. The molecule has 1 aliphatic heterocycles. The summed E-state index contributed by atoms with van der Waals surface area (Å²) in [6, 6.07) is 7.58. The van der Waals surface area contributed by atoms with Crippen molar-refractivity contribution in [2.75, 3.05) is 40.5 Å². The molecule has 0 bridgehead atoms. The highest BCUT2D eigenvalue weighted by Crippen LogP contribution is 2.17. The maximum absolute atomic E-state index is 5.86. The first kappa shape index (κ1) is 25.2. The fraction of sp³-hybridized carbons (Fsp3) is 0.571. The van der Waals surface area contributed by atoms with Gasteiger partial charge in [0.15, 0.2) is 11.8 Å². The van der Waals surface area contributed by atoms with Crippen LogP contribution in [-0.4, -0.2) is 72.2 Å². The number of aliphatic imine (C=N–C) groups is 1. The van der Waals surface area contributed by atoms with E-state index in [1.807, 2.05) is 49.9 Å². The normalized spacial score (nSPS) is 16.0. The van der Waals surface area contributed by atoms with Gasteiger partial charge >= 0.3 is 0 Å². The maximum Gasteiger partial charge on any atom is 0.194 e. The third-order valence-electron chi connectivity index (χ3n) is 5.18. The van der Waals surface area contributed by atoms with E-state index in [2.05, 4.69) is 20.4 Å². The van der Waals surface area contributed by atoms with Crippen LogP contribution in [0.5, 0.6) is 11.5 Å². The topological polar surface area (TPSA) is 86.0 Å². The van der Waals surface area contributed by atoms with E-state index < -0.39 is 0 Å². The number of likely N-dealkylation sites (N-methyl/N-ethyl adjacent to an activating group) is 1. The predicted molar refractivity (Wildman–Crippen MR) is 130 cm³/mol. The number of nitrogens with zero attached hydrogens (tertiary/aromatic N) is 5. The van der Waals surface area contributed by atoms with Crippen LogP contribution in [-0.2, 0) is 18.3 Å². The van der Waals surface area contributed by atoms with Crippen molar-refractivity contribution in [1.29, 1.82) is 0 Å². The number of nitrogens with one attached hydrogen (secondary N) is 1. The molecule has 3 rings (SSSR count). The highest BCUT2D eigenvalue weighted by Gasteiger charge is 2.17. The zero-order valence-corrected chi connectivity index (χ0v) is 21.0. The lowest BCUT2D eigenvalue weighted by Crippen LogP contribution is -2.43. The van der Waals surface area contributed by atoms with E-state index in [-0.39, 0.29) is 30.1 Å². The van der Waals surface area contributed by atoms with Gasteiger partial charge in [0.1, 0.15) is 30.5 Å². The molecule has 1 atom stereocenters. The highest BCUT2D eigenvalue weighted by molar-refractivity contribution is 14.0. The monoisotopic (exact) mass is 544 g/mol. The zero-order valence-electron chi connectivity index (χ0n) is 18.7. The Morgan fingerprint density at radius 2 is 2.03 bits per heavy atom. The van der Waals surface area contributed by atoms with Crippen molar-refractivity contribution in [2.24, 2.45) is 12.0 Å². The van der Waals surface area contributed by atoms with Crippen LogP contribution >= 0.6 is 24.0 Å². The number of halogens is 1. The van der Waals surface area contributed by atoms with E-state index in [1.165, 1.54) is 0 Å². The lowest BCUT2D eigenvalue weighted by molar-refractivity contribution is 0.113. The Morgan fingerprint density at radius 1 is 1.29 bits per heavy atom. The van der Waals surface area contributed by atoms with Gasteiger partial charge in [-0.3, -0.25) is 0 Å². The lowest BCUT2D eigenvalue weighted by atomic mass is 10.2. The summed E-state index contributed by atoms with van der Waals surface area (Å²) in [7, 11) is 5.60. The fourth-order valence-electron chi connectivity index (χ4n) is 3.13. The van der Waals surface area contributed by atoms with Crippen LogP contribution in [0.2, 0.25) is 0 Å². The van der Waals surface area contributed by atoms with Crippen molar-refractivity contribution in [3.8, 4) is 11.5 Å². The van der Waals surface area contributed by atoms with Gasteiger partial charge < -0.3 is 29.0 Å². The molecule has 10 heteroatoms. The molecule has 1 fully saturated rings. The van der Waals surface area contributed by atoms with E-state index >= 15 is 0 Å². The van der Waals surface area contributed by atoms with Gasteiger partial charge in [-0.25, -0.2) is 4.99 Å². The average molecular weight is 544 g/mol. The first-order chi connectivity index (χ1) is 14.6. The third kappa shape index (κ3) is 7.53. The van der Waals surface area contributed by atoms with Gasteiger partial charge in [0.25, 0.3) is 0 Å². The molecule has 1 N–H and O–H groups in total. The van der Waals surface area contributed by atoms with Crippen molar-refractivity contribution in [1.82, 2.24) is 25.0 Å². The number of hydrogen-bond acceptors (Lipinski definition) is 6. The molecule has 0 amide bonds. The Morgan fingerprint density at radius 3 is 2.65 bits per heavy atom. The van der Waals surface area contributed by atoms with Crippen LogP contribution in [0.4, 0.5) is 0 Å². The first-order valence-corrected chi connectivity index (χ1v) is 10.3. The molecule has 1 unspecified atom stereocenters. The average Bonchev–Trinajstić information content (AvgIpc) is 3.39. The van der Waals surface area contributed by atoms with E-state index in [9.17, 15) is 0 Å². The zero-order chi connectivity index (χ0) is 21.3. The quantitative estimate of drug-likeness (QED) is 0.295. The number of aryl methyl sites for hydroxylation is 1. The van der Waals surface area contributed by atoms with Gasteiger partial charge in [0, 0.05) is 27.2 Å². The second-order valence-corrected chi connectivity index (χ2v) is 7.32. The van der Waals surface area contributed by atoms with Crippen LogP contribution in [0, 0.1) is 6.92 Å². The van der Waals surface area contributed by atoms with Crippen molar-refractivity contribution in [3.05, 3.63) is 35.9 Å².